The zero-order valence-corrected chi connectivity index (χ0v) is 13.6. The van der Waals surface area contributed by atoms with E-state index in [9.17, 15) is 13.2 Å². The first-order chi connectivity index (χ1) is 10.7. The van der Waals surface area contributed by atoms with Crippen molar-refractivity contribution in [3.05, 3.63) is 36.0 Å². The van der Waals surface area contributed by atoms with Crippen molar-refractivity contribution in [1.82, 2.24) is 10.2 Å². The van der Waals surface area contributed by atoms with Gasteiger partial charge < -0.3 is 15.5 Å². The van der Waals surface area contributed by atoms with Crippen LogP contribution in [0, 0.1) is 11.3 Å². The second-order valence-corrected chi connectivity index (χ2v) is 6.31. The molecule has 0 radical (unpaired) electrons. The third-order valence-corrected chi connectivity index (χ3v) is 3.55. The number of benzene rings is 1. The molecule has 1 amide bonds. The van der Waals surface area contributed by atoms with E-state index in [-0.39, 0.29) is 16.2 Å². The minimum Gasteiger partial charge on any atom is -0.388 e. The Morgan fingerprint density at radius 3 is 2.70 bits per heavy atom. The van der Waals surface area contributed by atoms with Crippen LogP contribution >= 0.6 is 0 Å². The largest absolute Gasteiger partial charge is 0.388 e. The molecule has 3 N–H and O–H groups in total. The number of hydrogen-bond acceptors (Lipinski definition) is 6. The van der Waals surface area contributed by atoms with Crippen LogP contribution in [0.15, 0.2) is 40.9 Å². The molecular formula is C14H18N4O4S. The Morgan fingerprint density at radius 1 is 1.43 bits per heavy atom. The van der Waals surface area contributed by atoms with Gasteiger partial charge in [-0.15, -0.1) is 0 Å². The smallest absolute Gasteiger partial charge is 0.294 e. The van der Waals surface area contributed by atoms with E-state index in [1.807, 2.05) is 19.0 Å². The highest BCUT2D eigenvalue weighted by molar-refractivity contribution is 7.85. The number of nitrogens with one attached hydrogen (secondary N) is 2. The first-order valence-electron chi connectivity index (χ1n) is 6.61. The van der Waals surface area contributed by atoms with Crippen molar-refractivity contribution in [1.29, 1.82) is 5.26 Å². The molecule has 1 aromatic rings. The molecule has 0 heterocycles. The molecule has 0 saturated carbocycles. The van der Waals surface area contributed by atoms with Gasteiger partial charge in [0.25, 0.3) is 16.0 Å². The average Bonchev–Trinajstić information content (AvgIpc) is 2.46. The van der Waals surface area contributed by atoms with Gasteiger partial charge in [-0.25, -0.2) is 0 Å². The Morgan fingerprint density at radius 2 is 2.13 bits per heavy atom. The molecule has 1 rings (SSSR count). The standard InChI is InChI=1S/C14H18N4O4S/c1-18(2)7-6-16-10-11(9-15)14(19)17-12-4-3-5-13(8-12)23(20,21)22/h3-5,8,10,16H,6-7H2,1-2H3,(H,17,19)(H,20,21,22)/b11-10-. The number of carbonyl (C=O) groups excluding carboxylic acids is 1. The Hall–Kier alpha value is -2.41. The molecule has 0 atom stereocenters. The molecule has 0 aromatic heterocycles. The van der Waals surface area contributed by atoms with Gasteiger partial charge in [-0.2, -0.15) is 13.7 Å². The summed E-state index contributed by atoms with van der Waals surface area (Å²) in [5.74, 6) is -0.683. The first-order valence-corrected chi connectivity index (χ1v) is 8.05. The van der Waals surface area contributed by atoms with Crippen molar-refractivity contribution in [3.8, 4) is 6.07 Å². The lowest BCUT2D eigenvalue weighted by Crippen LogP contribution is -2.24. The van der Waals surface area contributed by atoms with Crippen molar-refractivity contribution < 1.29 is 17.8 Å². The van der Waals surface area contributed by atoms with Gasteiger partial charge in [-0.1, -0.05) is 6.07 Å². The lowest BCUT2D eigenvalue weighted by molar-refractivity contribution is -0.112. The molecule has 124 valence electrons. The molecule has 0 spiro atoms. The van der Waals surface area contributed by atoms with Crippen LogP contribution in [-0.4, -0.2) is 51.0 Å². The summed E-state index contributed by atoms with van der Waals surface area (Å²) in [4.78, 5) is 13.6. The summed E-state index contributed by atoms with van der Waals surface area (Å²) in [6.07, 6.45) is 1.30. The third-order valence-electron chi connectivity index (χ3n) is 2.70. The number of likely N-dealkylation sites (N-methyl/N-ethyl adjacent to an activating group) is 1. The molecule has 23 heavy (non-hydrogen) atoms. The average molecular weight is 338 g/mol. The van der Waals surface area contributed by atoms with Crippen molar-refractivity contribution in [2.24, 2.45) is 0 Å². The van der Waals surface area contributed by atoms with Gasteiger partial charge in [0.05, 0.1) is 4.90 Å². The van der Waals surface area contributed by atoms with Crippen LogP contribution in [0.4, 0.5) is 5.69 Å². The highest BCUT2D eigenvalue weighted by atomic mass is 32.2. The van der Waals surface area contributed by atoms with Crippen molar-refractivity contribution in [2.75, 3.05) is 32.5 Å². The summed E-state index contributed by atoms with van der Waals surface area (Å²) < 4.78 is 31.1. The van der Waals surface area contributed by atoms with Gasteiger partial charge in [0.15, 0.2) is 0 Å². The van der Waals surface area contributed by atoms with Gasteiger partial charge in [0.1, 0.15) is 11.6 Å². The van der Waals surface area contributed by atoms with E-state index in [2.05, 4.69) is 10.6 Å². The normalized spacial score (nSPS) is 11.9. The Labute approximate surface area is 135 Å². The highest BCUT2D eigenvalue weighted by Gasteiger charge is 2.13. The van der Waals surface area contributed by atoms with Crippen LogP contribution in [0.5, 0.6) is 0 Å². The first kappa shape index (κ1) is 18.6. The Kier molecular flexibility index (Phi) is 6.71. The molecule has 0 aliphatic carbocycles. The summed E-state index contributed by atoms with van der Waals surface area (Å²) in [6, 6.07) is 6.86. The molecule has 1 aromatic carbocycles. The van der Waals surface area contributed by atoms with E-state index in [1.165, 1.54) is 24.4 Å². The molecular weight excluding hydrogens is 320 g/mol. The lowest BCUT2D eigenvalue weighted by atomic mass is 10.2. The predicted molar refractivity (Wildman–Crippen MR) is 85.1 cm³/mol. The van der Waals surface area contributed by atoms with Crippen LogP contribution in [-0.2, 0) is 14.9 Å². The maximum atomic E-state index is 12.0. The van der Waals surface area contributed by atoms with Crippen molar-refractivity contribution >= 4 is 21.7 Å². The summed E-state index contributed by atoms with van der Waals surface area (Å²) in [6.45, 7) is 1.29. The third kappa shape index (κ3) is 6.48. The fourth-order valence-electron chi connectivity index (χ4n) is 1.54. The Balaban J connectivity index is 2.77. The van der Waals surface area contributed by atoms with Gasteiger partial charge in [0, 0.05) is 25.0 Å². The van der Waals surface area contributed by atoms with E-state index in [1.54, 1.807) is 6.07 Å². The van der Waals surface area contributed by atoms with Crippen LogP contribution in [0.1, 0.15) is 0 Å². The van der Waals surface area contributed by atoms with Crippen molar-refractivity contribution in [2.45, 2.75) is 4.90 Å². The number of anilines is 1. The maximum absolute atomic E-state index is 12.0. The number of hydrogen-bond donors (Lipinski definition) is 3. The quantitative estimate of drug-likeness (QED) is 0.285. The predicted octanol–water partition coefficient (Wildman–Crippen LogP) is 0.430. The van der Waals surface area contributed by atoms with Crippen LogP contribution in [0.2, 0.25) is 0 Å². The van der Waals surface area contributed by atoms with Gasteiger partial charge in [-0.05, 0) is 32.3 Å². The summed E-state index contributed by atoms with van der Waals surface area (Å²) in [7, 11) is -0.572. The number of carbonyl (C=O) groups is 1. The zero-order valence-electron chi connectivity index (χ0n) is 12.8. The molecule has 0 fully saturated rings. The monoisotopic (exact) mass is 338 g/mol. The summed E-state index contributed by atoms with van der Waals surface area (Å²) in [5.41, 5.74) is 0.000538. The van der Waals surface area contributed by atoms with E-state index in [4.69, 9.17) is 9.81 Å². The van der Waals surface area contributed by atoms with Gasteiger partial charge in [0.2, 0.25) is 0 Å². The molecule has 0 bridgehead atoms. The van der Waals surface area contributed by atoms with E-state index < -0.39 is 16.0 Å². The second kappa shape index (κ2) is 8.28. The minimum atomic E-state index is -4.36. The molecule has 9 heteroatoms. The maximum Gasteiger partial charge on any atom is 0.294 e. The van der Waals surface area contributed by atoms with Crippen LogP contribution in [0.3, 0.4) is 0 Å². The van der Waals surface area contributed by atoms with E-state index >= 15 is 0 Å². The minimum absolute atomic E-state index is 0.152. The van der Waals surface area contributed by atoms with Crippen molar-refractivity contribution in [3.63, 3.8) is 0 Å². The second-order valence-electron chi connectivity index (χ2n) is 4.88. The lowest BCUT2D eigenvalue weighted by Gasteiger charge is -2.09. The fraction of sp³-hybridized carbons (Fsp3) is 0.286. The number of rotatable bonds is 7. The van der Waals surface area contributed by atoms with Gasteiger partial charge >= 0.3 is 0 Å². The van der Waals surface area contributed by atoms with E-state index in [0.717, 1.165) is 12.6 Å². The Bertz CT molecular complexity index is 735. The summed E-state index contributed by atoms with van der Waals surface area (Å²) >= 11 is 0. The fourth-order valence-corrected chi connectivity index (χ4v) is 2.07. The van der Waals surface area contributed by atoms with Gasteiger partial charge in [-0.3, -0.25) is 9.35 Å². The molecule has 0 saturated heterocycles. The summed E-state index contributed by atoms with van der Waals surface area (Å²) in [5, 5.41) is 14.2. The van der Waals surface area contributed by atoms with Crippen LogP contribution < -0.4 is 10.6 Å². The van der Waals surface area contributed by atoms with Crippen LogP contribution in [0.25, 0.3) is 0 Å². The number of nitriles is 1. The SMILES string of the molecule is CN(C)CCN/C=C(/C#N)C(=O)Nc1cccc(S(=O)(=O)O)c1. The number of nitrogens with zero attached hydrogens (tertiary/aromatic N) is 2. The number of amides is 1. The van der Waals surface area contributed by atoms with E-state index in [0.29, 0.717) is 6.54 Å². The zero-order chi connectivity index (χ0) is 17.5. The molecule has 0 aliphatic rings. The topological polar surface area (TPSA) is 123 Å². The molecule has 0 aliphatic heterocycles. The highest BCUT2D eigenvalue weighted by Crippen LogP contribution is 2.15. The molecule has 8 nitrogen and oxygen atoms in total. The molecule has 0 unspecified atom stereocenters.